The minimum absolute atomic E-state index is 0.0877. The Balaban J connectivity index is 1.53. The molecule has 0 amide bonds. The second-order valence-electron chi connectivity index (χ2n) is 8.25. The Bertz CT molecular complexity index is 1380. The number of hydrogen-bond donors (Lipinski definition) is 4. The van der Waals surface area contributed by atoms with Crippen molar-refractivity contribution in [3.63, 3.8) is 0 Å². The van der Waals surface area contributed by atoms with Gasteiger partial charge in [-0.2, -0.15) is 5.10 Å². The van der Waals surface area contributed by atoms with Crippen molar-refractivity contribution >= 4 is 33.9 Å². The Hall–Kier alpha value is -3.91. The molecule has 5 rings (SSSR count). The highest BCUT2D eigenvalue weighted by molar-refractivity contribution is 5.91. The van der Waals surface area contributed by atoms with Crippen molar-refractivity contribution in [2.24, 2.45) is 0 Å². The first kappa shape index (κ1) is 19.1. The van der Waals surface area contributed by atoms with E-state index in [2.05, 4.69) is 20.5 Å². The standard InChI is InChI=1S/C23H23N7O/c1-23(2,13-31)15-4-6-16(7-5-15)26-21-22-25-9-10-30(22)12-19(27-21)14-3-8-17-18(11-14)28-29-20(17)24/h3-12,31H,13H2,1-2H3,(H,26,27)(H3,24,28,29). The minimum atomic E-state index is -0.290. The molecule has 0 saturated heterocycles. The van der Waals surface area contributed by atoms with Gasteiger partial charge < -0.3 is 20.6 Å². The summed E-state index contributed by atoms with van der Waals surface area (Å²) < 4.78 is 1.94. The second kappa shape index (κ2) is 7.10. The number of rotatable bonds is 5. The smallest absolute Gasteiger partial charge is 0.180 e. The minimum Gasteiger partial charge on any atom is -0.395 e. The highest BCUT2D eigenvalue weighted by Gasteiger charge is 2.19. The number of nitrogens with two attached hydrogens (primary N) is 1. The Morgan fingerprint density at radius 3 is 2.74 bits per heavy atom. The van der Waals surface area contributed by atoms with Gasteiger partial charge in [0.15, 0.2) is 17.3 Å². The van der Waals surface area contributed by atoms with Crippen molar-refractivity contribution < 1.29 is 5.11 Å². The number of anilines is 3. The molecule has 2 aromatic carbocycles. The zero-order chi connectivity index (χ0) is 21.6. The third kappa shape index (κ3) is 3.36. The monoisotopic (exact) mass is 413 g/mol. The Morgan fingerprint density at radius 1 is 1.16 bits per heavy atom. The number of nitrogens with zero attached hydrogens (tertiary/aromatic N) is 4. The van der Waals surface area contributed by atoms with E-state index in [0.717, 1.165) is 39.1 Å². The highest BCUT2D eigenvalue weighted by Crippen LogP contribution is 2.29. The number of H-pyrrole nitrogens is 1. The van der Waals surface area contributed by atoms with Gasteiger partial charge in [-0.05, 0) is 29.8 Å². The fraction of sp³-hybridized carbons (Fsp3) is 0.174. The van der Waals surface area contributed by atoms with Gasteiger partial charge in [0, 0.05) is 40.6 Å². The molecular weight excluding hydrogens is 390 g/mol. The fourth-order valence-electron chi connectivity index (χ4n) is 3.59. The zero-order valence-corrected chi connectivity index (χ0v) is 17.3. The van der Waals surface area contributed by atoms with E-state index in [-0.39, 0.29) is 12.0 Å². The van der Waals surface area contributed by atoms with Gasteiger partial charge in [-0.1, -0.05) is 32.0 Å². The highest BCUT2D eigenvalue weighted by atomic mass is 16.3. The van der Waals surface area contributed by atoms with E-state index in [4.69, 9.17) is 10.7 Å². The lowest BCUT2D eigenvalue weighted by Gasteiger charge is -2.22. The summed E-state index contributed by atoms with van der Waals surface area (Å²) in [5, 5.41) is 20.9. The molecule has 0 unspecified atom stereocenters. The van der Waals surface area contributed by atoms with E-state index in [1.165, 1.54) is 0 Å². The Kier molecular flexibility index (Phi) is 4.37. The molecule has 3 heterocycles. The number of aliphatic hydroxyl groups is 1. The van der Waals surface area contributed by atoms with Gasteiger partial charge in [0.2, 0.25) is 0 Å². The van der Waals surface area contributed by atoms with E-state index in [9.17, 15) is 5.11 Å². The summed E-state index contributed by atoms with van der Waals surface area (Å²) in [7, 11) is 0. The van der Waals surface area contributed by atoms with Crippen LogP contribution in [0.2, 0.25) is 0 Å². The van der Waals surface area contributed by atoms with Crippen molar-refractivity contribution in [3.8, 4) is 11.3 Å². The van der Waals surface area contributed by atoms with Crippen LogP contribution in [0.1, 0.15) is 19.4 Å². The number of nitrogens with one attached hydrogen (secondary N) is 2. The number of benzene rings is 2. The maximum Gasteiger partial charge on any atom is 0.180 e. The van der Waals surface area contributed by atoms with Crippen LogP contribution >= 0.6 is 0 Å². The topological polar surface area (TPSA) is 117 Å². The summed E-state index contributed by atoms with van der Waals surface area (Å²) in [5.74, 6) is 1.13. The van der Waals surface area contributed by atoms with Crippen LogP contribution in [0.3, 0.4) is 0 Å². The molecule has 5 N–H and O–H groups in total. The molecule has 8 nitrogen and oxygen atoms in total. The molecular formula is C23H23N7O. The Morgan fingerprint density at radius 2 is 1.97 bits per heavy atom. The third-order valence-corrected chi connectivity index (χ3v) is 5.59. The lowest BCUT2D eigenvalue weighted by molar-refractivity contribution is 0.218. The van der Waals surface area contributed by atoms with Gasteiger partial charge >= 0.3 is 0 Å². The maximum atomic E-state index is 9.60. The SMILES string of the molecule is CC(C)(CO)c1ccc(Nc2nc(-c3ccc4c(N)n[nH]c4c3)cn3ccnc23)cc1. The van der Waals surface area contributed by atoms with Crippen LogP contribution in [0, 0.1) is 0 Å². The van der Waals surface area contributed by atoms with Gasteiger partial charge in [-0.3, -0.25) is 5.10 Å². The van der Waals surface area contributed by atoms with Crippen LogP contribution in [0.4, 0.5) is 17.3 Å². The lowest BCUT2D eigenvalue weighted by atomic mass is 9.85. The quantitative estimate of drug-likeness (QED) is 0.347. The van der Waals surface area contributed by atoms with Crippen LogP contribution in [0.5, 0.6) is 0 Å². The molecule has 0 aliphatic carbocycles. The molecule has 0 aliphatic heterocycles. The van der Waals surface area contributed by atoms with Crippen LogP contribution < -0.4 is 11.1 Å². The summed E-state index contributed by atoms with van der Waals surface area (Å²) in [6, 6.07) is 13.9. The van der Waals surface area contributed by atoms with Crippen molar-refractivity contribution in [2.45, 2.75) is 19.3 Å². The molecule has 0 spiro atoms. The van der Waals surface area contributed by atoms with Gasteiger partial charge in [0.25, 0.3) is 0 Å². The average molecular weight is 413 g/mol. The van der Waals surface area contributed by atoms with E-state index in [0.29, 0.717) is 11.6 Å². The lowest BCUT2D eigenvalue weighted by Crippen LogP contribution is -2.21. The molecule has 31 heavy (non-hydrogen) atoms. The van der Waals surface area contributed by atoms with Crippen molar-refractivity contribution in [1.82, 2.24) is 24.6 Å². The average Bonchev–Trinajstić information content (AvgIpc) is 3.40. The van der Waals surface area contributed by atoms with Crippen molar-refractivity contribution in [2.75, 3.05) is 17.7 Å². The van der Waals surface area contributed by atoms with Crippen molar-refractivity contribution in [3.05, 3.63) is 66.6 Å². The summed E-state index contributed by atoms with van der Waals surface area (Å²) in [6.07, 6.45) is 5.59. The van der Waals surface area contributed by atoms with Crippen LogP contribution in [-0.4, -0.2) is 36.3 Å². The van der Waals surface area contributed by atoms with Crippen LogP contribution in [0.15, 0.2) is 61.1 Å². The largest absolute Gasteiger partial charge is 0.395 e. The van der Waals surface area contributed by atoms with E-state index >= 15 is 0 Å². The number of hydrogen-bond acceptors (Lipinski definition) is 6. The van der Waals surface area contributed by atoms with Gasteiger partial charge in [-0.25, -0.2) is 9.97 Å². The summed E-state index contributed by atoms with van der Waals surface area (Å²) in [5.41, 5.74) is 10.9. The number of aliphatic hydroxyl groups excluding tert-OH is 1. The zero-order valence-electron chi connectivity index (χ0n) is 17.3. The number of nitrogen functional groups attached to an aromatic ring is 1. The van der Waals surface area contributed by atoms with Gasteiger partial charge in [0.1, 0.15) is 0 Å². The predicted octanol–water partition coefficient (Wildman–Crippen LogP) is 3.87. The Labute approximate surface area is 178 Å². The first-order valence-corrected chi connectivity index (χ1v) is 10.0. The van der Waals surface area contributed by atoms with E-state index in [1.54, 1.807) is 6.20 Å². The molecule has 0 aliphatic rings. The van der Waals surface area contributed by atoms with E-state index < -0.39 is 0 Å². The normalized spacial score (nSPS) is 12.0. The van der Waals surface area contributed by atoms with Gasteiger partial charge in [-0.15, -0.1) is 0 Å². The number of aromatic amines is 1. The maximum absolute atomic E-state index is 9.60. The first-order valence-electron chi connectivity index (χ1n) is 10.0. The molecule has 3 aromatic heterocycles. The number of imidazole rings is 1. The molecule has 0 fully saturated rings. The summed E-state index contributed by atoms with van der Waals surface area (Å²) in [4.78, 5) is 9.28. The van der Waals surface area contributed by atoms with Crippen molar-refractivity contribution in [1.29, 1.82) is 0 Å². The van der Waals surface area contributed by atoms with E-state index in [1.807, 2.05) is 73.1 Å². The summed E-state index contributed by atoms with van der Waals surface area (Å²) in [6.45, 7) is 4.11. The molecule has 0 radical (unpaired) electrons. The summed E-state index contributed by atoms with van der Waals surface area (Å²) >= 11 is 0. The molecule has 156 valence electrons. The number of aromatic nitrogens is 5. The number of fused-ring (bicyclic) bond motifs is 2. The molecule has 8 heteroatoms. The van der Waals surface area contributed by atoms with Gasteiger partial charge in [0.05, 0.1) is 17.8 Å². The predicted molar refractivity (Wildman–Crippen MR) is 122 cm³/mol. The molecule has 5 aromatic rings. The molecule has 0 atom stereocenters. The first-order chi connectivity index (χ1) is 14.9. The fourth-order valence-corrected chi connectivity index (χ4v) is 3.59. The molecule has 0 saturated carbocycles. The molecule has 0 bridgehead atoms. The van der Waals surface area contributed by atoms with Crippen LogP contribution in [0.25, 0.3) is 27.8 Å². The van der Waals surface area contributed by atoms with Crippen LogP contribution in [-0.2, 0) is 5.41 Å². The second-order valence-corrected chi connectivity index (χ2v) is 8.25. The third-order valence-electron chi connectivity index (χ3n) is 5.59.